The second kappa shape index (κ2) is 6.08. The number of aromatic nitrogens is 1. The van der Waals surface area contributed by atoms with E-state index in [0.717, 1.165) is 22.9 Å². The van der Waals surface area contributed by atoms with Crippen molar-refractivity contribution in [2.45, 2.75) is 17.7 Å². The van der Waals surface area contributed by atoms with Crippen LogP contribution in [0, 0.1) is 5.92 Å². The van der Waals surface area contributed by atoms with E-state index in [2.05, 4.69) is 9.11 Å². The van der Waals surface area contributed by atoms with Crippen molar-refractivity contribution < 1.29 is 27.9 Å². The standard InChI is InChI=1S/C11H14N2O6S2/c1-19-11(16)9-8(6-20-12-9)21(17,18)13-4-2-3-7(5-13)10(14)15/h6-7H,2-5H2,1H3,(H,14,15). The zero-order chi connectivity index (χ0) is 15.6. The van der Waals surface area contributed by atoms with Gasteiger partial charge in [0.15, 0.2) is 5.69 Å². The molecule has 1 aromatic rings. The monoisotopic (exact) mass is 334 g/mol. The van der Waals surface area contributed by atoms with Crippen molar-refractivity contribution in [3.8, 4) is 0 Å². The van der Waals surface area contributed by atoms with Gasteiger partial charge in [-0.05, 0) is 24.4 Å². The number of nitrogens with zero attached hydrogens (tertiary/aromatic N) is 2. The summed E-state index contributed by atoms with van der Waals surface area (Å²) in [6.45, 7) is 0.122. The van der Waals surface area contributed by atoms with Crippen LogP contribution >= 0.6 is 11.5 Å². The van der Waals surface area contributed by atoms with E-state index >= 15 is 0 Å². The van der Waals surface area contributed by atoms with Crippen LogP contribution in [0.2, 0.25) is 0 Å². The molecule has 1 N–H and O–H groups in total. The zero-order valence-corrected chi connectivity index (χ0v) is 12.8. The van der Waals surface area contributed by atoms with E-state index in [1.54, 1.807) is 0 Å². The smallest absolute Gasteiger partial charge is 0.359 e. The van der Waals surface area contributed by atoms with Gasteiger partial charge in [-0.3, -0.25) is 4.79 Å². The number of hydrogen-bond donors (Lipinski definition) is 1. The van der Waals surface area contributed by atoms with E-state index in [-0.39, 0.29) is 23.7 Å². The second-order valence-corrected chi connectivity index (χ2v) is 7.09. The lowest BCUT2D eigenvalue weighted by Gasteiger charge is -2.29. The summed E-state index contributed by atoms with van der Waals surface area (Å²) in [6, 6.07) is 0. The van der Waals surface area contributed by atoms with Crippen molar-refractivity contribution in [2.75, 3.05) is 20.2 Å². The van der Waals surface area contributed by atoms with Gasteiger partial charge in [-0.15, -0.1) is 0 Å². The van der Waals surface area contributed by atoms with Gasteiger partial charge in [-0.25, -0.2) is 13.2 Å². The number of carboxylic acid groups (broad SMARTS) is 1. The number of carbonyl (C=O) groups is 2. The lowest BCUT2D eigenvalue weighted by atomic mass is 10.0. The third-order valence-corrected chi connectivity index (χ3v) is 5.92. The predicted octanol–water partition coefficient (Wildman–Crippen LogP) is 0.415. The Morgan fingerprint density at radius 1 is 1.52 bits per heavy atom. The number of ether oxygens (including phenoxy) is 1. The summed E-state index contributed by atoms with van der Waals surface area (Å²) < 4.78 is 34.4. The molecule has 1 aromatic heterocycles. The molecule has 1 fully saturated rings. The van der Waals surface area contributed by atoms with Crippen molar-refractivity contribution >= 4 is 33.5 Å². The Bertz CT molecular complexity index is 653. The maximum absolute atomic E-state index is 12.5. The molecule has 0 aliphatic carbocycles. The molecule has 2 heterocycles. The molecule has 1 aliphatic heterocycles. The van der Waals surface area contributed by atoms with Crippen LogP contribution in [-0.4, -0.2) is 54.3 Å². The first-order valence-electron chi connectivity index (χ1n) is 6.13. The number of hydrogen-bond acceptors (Lipinski definition) is 7. The number of methoxy groups -OCH3 is 1. The Labute approximate surface area is 125 Å². The van der Waals surface area contributed by atoms with Crippen molar-refractivity contribution in [1.82, 2.24) is 8.68 Å². The molecule has 2 rings (SSSR count). The van der Waals surface area contributed by atoms with Crippen LogP contribution in [0.1, 0.15) is 23.3 Å². The second-order valence-electron chi connectivity index (χ2n) is 4.56. The highest BCUT2D eigenvalue weighted by atomic mass is 32.2. The van der Waals surface area contributed by atoms with Crippen LogP contribution in [0.5, 0.6) is 0 Å². The molecule has 0 aromatic carbocycles. The number of piperidine rings is 1. The van der Waals surface area contributed by atoms with Crippen molar-refractivity contribution in [2.24, 2.45) is 5.92 Å². The Hall–Kier alpha value is -1.52. The average Bonchev–Trinajstić information content (AvgIpc) is 2.96. The minimum absolute atomic E-state index is 0.103. The Kier molecular flexibility index (Phi) is 4.59. The molecular formula is C11H14N2O6S2. The Morgan fingerprint density at radius 3 is 2.86 bits per heavy atom. The molecule has 0 amide bonds. The van der Waals surface area contributed by atoms with Crippen molar-refractivity contribution in [3.63, 3.8) is 0 Å². The molecule has 0 bridgehead atoms. The van der Waals surface area contributed by atoms with E-state index in [9.17, 15) is 18.0 Å². The summed E-state index contributed by atoms with van der Waals surface area (Å²) in [6.07, 6.45) is 0.897. The molecule has 1 saturated heterocycles. The van der Waals surface area contributed by atoms with E-state index in [0.29, 0.717) is 12.8 Å². The molecular weight excluding hydrogens is 320 g/mol. The molecule has 0 radical (unpaired) electrons. The van der Waals surface area contributed by atoms with Gasteiger partial charge in [0.25, 0.3) is 0 Å². The molecule has 21 heavy (non-hydrogen) atoms. The number of rotatable bonds is 4. The fourth-order valence-corrected chi connectivity index (χ4v) is 4.76. The van der Waals surface area contributed by atoms with Gasteiger partial charge in [0.2, 0.25) is 10.0 Å². The Morgan fingerprint density at radius 2 is 2.24 bits per heavy atom. The molecule has 0 spiro atoms. The van der Waals surface area contributed by atoms with Gasteiger partial charge in [-0.1, -0.05) is 0 Å². The van der Waals surface area contributed by atoms with Crippen molar-refractivity contribution in [1.29, 1.82) is 0 Å². The van der Waals surface area contributed by atoms with Gasteiger partial charge in [-0.2, -0.15) is 8.68 Å². The number of sulfonamides is 1. The maximum Gasteiger partial charge on any atom is 0.359 e. The highest BCUT2D eigenvalue weighted by molar-refractivity contribution is 7.89. The minimum atomic E-state index is -3.95. The van der Waals surface area contributed by atoms with E-state index in [4.69, 9.17) is 5.11 Å². The van der Waals surface area contributed by atoms with Crippen molar-refractivity contribution in [3.05, 3.63) is 11.1 Å². The fourth-order valence-electron chi connectivity index (χ4n) is 2.15. The van der Waals surface area contributed by atoms with Gasteiger partial charge in [0, 0.05) is 18.5 Å². The predicted molar refractivity (Wildman–Crippen MR) is 72.6 cm³/mol. The highest BCUT2D eigenvalue weighted by Crippen LogP contribution is 2.27. The van der Waals surface area contributed by atoms with Gasteiger partial charge in [0.05, 0.1) is 13.0 Å². The van der Waals surface area contributed by atoms with Crippen LogP contribution in [0.4, 0.5) is 0 Å². The number of aliphatic carboxylic acids is 1. The molecule has 1 unspecified atom stereocenters. The van der Waals surface area contributed by atoms with Gasteiger partial charge in [0.1, 0.15) is 4.90 Å². The van der Waals surface area contributed by atoms with Crippen LogP contribution in [-0.2, 0) is 19.6 Å². The summed E-state index contributed by atoms with van der Waals surface area (Å²) in [4.78, 5) is 22.3. The van der Waals surface area contributed by atoms with E-state index in [1.165, 1.54) is 5.38 Å². The quantitative estimate of drug-likeness (QED) is 0.793. The fraction of sp³-hybridized carbons (Fsp3) is 0.545. The number of carbonyl (C=O) groups excluding carboxylic acids is 1. The summed E-state index contributed by atoms with van der Waals surface area (Å²) in [7, 11) is -2.82. The SMILES string of the molecule is COC(=O)c1nscc1S(=O)(=O)N1CCCC(C(=O)O)C1. The Balaban J connectivity index is 2.32. The third-order valence-electron chi connectivity index (χ3n) is 3.27. The molecule has 8 nitrogen and oxygen atoms in total. The zero-order valence-electron chi connectivity index (χ0n) is 11.2. The summed E-state index contributed by atoms with van der Waals surface area (Å²) in [5.41, 5.74) is -0.264. The summed E-state index contributed by atoms with van der Waals surface area (Å²) in [5.74, 6) is -2.59. The molecule has 1 atom stereocenters. The first-order valence-corrected chi connectivity index (χ1v) is 8.41. The maximum atomic E-state index is 12.5. The lowest BCUT2D eigenvalue weighted by Crippen LogP contribution is -2.42. The summed E-state index contributed by atoms with van der Waals surface area (Å²) >= 11 is 0.835. The number of carboxylic acids is 1. The normalized spacial score (nSPS) is 20.1. The van der Waals surface area contributed by atoms with E-state index < -0.39 is 27.9 Å². The highest BCUT2D eigenvalue weighted by Gasteiger charge is 2.36. The van der Waals surface area contributed by atoms with Crippen LogP contribution in [0.25, 0.3) is 0 Å². The van der Waals surface area contributed by atoms with Crippen LogP contribution < -0.4 is 0 Å². The summed E-state index contributed by atoms with van der Waals surface area (Å²) in [5, 5.41) is 10.3. The van der Waals surface area contributed by atoms with E-state index in [1.807, 2.05) is 0 Å². The molecule has 1 aliphatic rings. The van der Waals surface area contributed by atoms with Crippen LogP contribution in [0.3, 0.4) is 0 Å². The number of esters is 1. The lowest BCUT2D eigenvalue weighted by molar-refractivity contribution is -0.142. The first kappa shape index (κ1) is 15.9. The molecule has 0 saturated carbocycles. The van der Waals surface area contributed by atoms with Gasteiger partial charge < -0.3 is 9.84 Å². The molecule has 10 heteroatoms. The largest absolute Gasteiger partial charge is 0.481 e. The first-order chi connectivity index (χ1) is 9.87. The minimum Gasteiger partial charge on any atom is -0.481 e. The van der Waals surface area contributed by atoms with Crippen LogP contribution in [0.15, 0.2) is 10.3 Å². The third kappa shape index (κ3) is 3.06. The molecule has 116 valence electrons. The topological polar surface area (TPSA) is 114 Å². The van der Waals surface area contributed by atoms with Gasteiger partial charge >= 0.3 is 11.9 Å². The average molecular weight is 334 g/mol.